The highest BCUT2D eigenvalue weighted by Gasteiger charge is 2.65. The Morgan fingerprint density at radius 3 is 2.81 bits per heavy atom. The number of aliphatic carboxylic acids is 1. The molecule has 0 bridgehead atoms. The van der Waals surface area contributed by atoms with E-state index >= 15 is 0 Å². The van der Waals surface area contributed by atoms with E-state index in [9.17, 15) is 9.90 Å². The minimum atomic E-state index is -0.770. The Bertz CT molecular complexity index is 537. The molecule has 2 aliphatic rings. The number of nitrogens with zero attached hydrogens (tertiary/aromatic N) is 2. The van der Waals surface area contributed by atoms with Gasteiger partial charge in [-0.15, -0.1) is 0 Å². The first-order valence-corrected chi connectivity index (χ1v) is 8.01. The van der Waals surface area contributed by atoms with E-state index in [4.69, 9.17) is 4.52 Å². The number of carboxylic acids is 1. The smallest absolute Gasteiger partial charge is 0.307 e. The Hall–Kier alpha value is -1.39. The second-order valence-corrected chi connectivity index (χ2v) is 7.24. The molecular weight excluding hydrogens is 268 g/mol. The Labute approximate surface area is 125 Å². The normalized spacial score (nSPS) is 34.6. The van der Waals surface area contributed by atoms with Crippen LogP contribution in [0.2, 0.25) is 0 Å². The summed E-state index contributed by atoms with van der Waals surface area (Å²) < 4.78 is 5.40. The molecule has 2 aliphatic carbocycles. The average molecular weight is 292 g/mol. The van der Waals surface area contributed by atoms with E-state index in [1.807, 2.05) is 13.8 Å². The number of aromatic nitrogens is 2. The minimum absolute atomic E-state index is 0.137. The summed E-state index contributed by atoms with van der Waals surface area (Å²) in [5.41, 5.74) is -0.284. The number of carboxylic acid groups (broad SMARTS) is 1. The van der Waals surface area contributed by atoms with E-state index in [-0.39, 0.29) is 11.3 Å². The summed E-state index contributed by atoms with van der Waals surface area (Å²) in [7, 11) is 0. The van der Waals surface area contributed by atoms with E-state index < -0.39 is 11.9 Å². The van der Waals surface area contributed by atoms with Crippen LogP contribution in [0.5, 0.6) is 0 Å². The highest BCUT2D eigenvalue weighted by Crippen LogP contribution is 2.64. The molecule has 4 atom stereocenters. The third-order valence-corrected chi connectivity index (χ3v) is 5.54. The maximum atomic E-state index is 11.3. The Morgan fingerprint density at radius 1 is 1.43 bits per heavy atom. The second-order valence-electron chi connectivity index (χ2n) is 7.24. The molecule has 1 aromatic heterocycles. The average Bonchev–Trinajstić information content (AvgIpc) is 2.84. The molecule has 0 spiro atoms. The summed E-state index contributed by atoms with van der Waals surface area (Å²) >= 11 is 0. The highest BCUT2D eigenvalue weighted by molar-refractivity contribution is 5.77. The zero-order valence-corrected chi connectivity index (χ0v) is 13.0. The van der Waals surface area contributed by atoms with E-state index in [0.717, 1.165) is 24.6 Å². The van der Waals surface area contributed by atoms with Crippen LogP contribution in [-0.4, -0.2) is 21.2 Å². The molecule has 0 radical (unpaired) electrons. The van der Waals surface area contributed by atoms with Gasteiger partial charge in [0.25, 0.3) is 0 Å². The van der Waals surface area contributed by atoms with Crippen LogP contribution in [0.25, 0.3) is 0 Å². The summed E-state index contributed by atoms with van der Waals surface area (Å²) in [4.78, 5) is 15.8. The van der Waals surface area contributed by atoms with Gasteiger partial charge in [0, 0.05) is 5.92 Å². The maximum Gasteiger partial charge on any atom is 0.307 e. The zero-order chi connectivity index (χ0) is 15.2. The Morgan fingerprint density at radius 2 is 2.19 bits per heavy atom. The zero-order valence-electron chi connectivity index (χ0n) is 13.0. The van der Waals surface area contributed by atoms with Crippen LogP contribution in [0, 0.1) is 17.3 Å². The highest BCUT2D eigenvalue weighted by atomic mass is 16.5. The molecule has 5 nitrogen and oxygen atoms in total. The molecule has 1 N–H and O–H groups in total. The molecule has 0 aliphatic heterocycles. The monoisotopic (exact) mass is 292 g/mol. The van der Waals surface area contributed by atoms with Crippen LogP contribution in [0.3, 0.4) is 0 Å². The van der Waals surface area contributed by atoms with E-state index in [2.05, 4.69) is 17.1 Å². The maximum absolute atomic E-state index is 11.3. The molecule has 116 valence electrons. The first kappa shape index (κ1) is 14.5. The number of hydrogen-bond donors (Lipinski definition) is 1. The van der Waals surface area contributed by atoms with Gasteiger partial charge in [-0.25, -0.2) is 0 Å². The van der Waals surface area contributed by atoms with Crippen LogP contribution in [0.15, 0.2) is 4.52 Å². The van der Waals surface area contributed by atoms with Crippen LogP contribution >= 0.6 is 0 Å². The van der Waals surface area contributed by atoms with Crippen molar-refractivity contribution in [2.45, 2.75) is 64.7 Å². The van der Waals surface area contributed by atoms with E-state index in [1.54, 1.807) is 0 Å². The SMILES string of the molecule is CCC1CCCC(c2noc(C3C(C(=O)O)C3(C)C)n2)C1. The van der Waals surface area contributed by atoms with Crippen molar-refractivity contribution in [2.24, 2.45) is 17.3 Å². The summed E-state index contributed by atoms with van der Waals surface area (Å²) in [6, 6.07) is 0. The van der Waals surface area contributed by atoms with Gasteiger partial charge in [0.2, 0.25) is 5.89 Å². The van der Waals surface area contributed by atoms with Gasteiger partial charge in [0.15, 0.2) is 5.82 Å². The second kappa shape index (κ2) is 5.11. The number of hydrogen-bond acceptors (Lipinski definition) is 4. The molecule has 1 heterocycles. The van der Waals surface area contributed by atoms with Crippen molar-refractivity contribution < 1.29 is 14.4 Å². The van der Waals surface area contributed by atoms with Gasteiger partial charge in [-0.1, -0.05) is 45.2 Å². The predicted octanol–water partition coefficient (Wildman–Crippen LogP) is 3.58. The molecule has 4 unspecified atom stereocenters. The van der Waals surface area contributed by atoms with Gasteiger partial charge in [-0.3, -0.25) is 4.79 Å². The summed E-state index contributed by atoms with van der Waals surface area (Å²) in [5, 5.41) is 13.4. The molecule has 3 rings (SSSR count). The number of rotatable bonds is 4. The van der Waals surface area contributed by atoms with Gasteiger partial charge in [0.1, 0.15) is 0 Å². The molecule has 5 heteroatoms. The fourth-order valence-electron chi connectivity index (χ4n) is 4.00. The summed E-state index contributed by atoms with van der Waals surface area (Å²) in [5.74, 6) is 1.13. The van der Waals surface area contributed by atoms with Crippen LogP contribution in [0.1, 0.15) is 76.4 Å². The van der Waals surface area contributed by atoms with Crippen molar-refractivity contribution >= 4 is 5.97 Å². The topological polar surface area (TPSA) is 76.2 Å². The Balaban J connectivity index is 1.74. The quantitative estimate of drug-likeness (QED) is 0.918. The van der Waals surface area contributed by atoms with Gasteiger partial charge < -0.3 is 9.63 Å². The lowest BCUT2D eigenvalue weighted by molar-refractivity contribution is -0.139. The molecule has 0 saturated heterocycles. The predicted molar refractivity (Wildman–Crippen MR) is 76.9 cm³/mol. The molecule has 2 saturated carbocycles. The summed E-state index contributed by atoms with van der Waals surface area (Å²) in [6.07, 6.45) is 5.98. The summed E-state index contributed by atoms with van der Waals surface area (Å²) in [6.45, 7) is 6.14. The van der Waals surface area contributed by atoms with E-state index in [0.29, 0.717) is 11.8 Å². The lowest BCUT2D eigenvalue weighted by Crippen LogP contribution is -2.14. The van der Waals surface area contributed by atoms with Gasteiger partial charge in [0.05, 0.1) is 11.8 Å². The number of carbonyl (C=O) groups is 1. The third-order valence-electron chi connectivity index (χ3n) is 5.54. The largest absolute Gasteiger partial charge is 0.481 e. The standard InChI is InChI=1S/C16H24N2O3/c1-4-9-6-5-7-10(8-9)13-17-14(21-18-13)11-12(15(19)20)16(11,2)3/h9-12H,4-8H2,1-3H3,(H,19,20). The van der Waals surface area contributed by atoms with Gasteiger partial charge in [-0.05, 0) is 24.2 Å². The third kappa shape index (κ3) is 2.47. The van der Waals surface area contributed by atoms with Crippen LogP contribution < -0.4 is 0 Å². The first-order chi connectivity index (χ1) is 9.95. The van der Waals surface area contributed by atoms with Crippen LogP contribution in [-0.2, 0) is 4.79 Å². The first-order valence-electron chi connectivity index (χ1n) is 8.01. The molecule has 2 fully saturated rings. The van der Waals surface area contributed by atoms with Crippen molar-refractivity contribution in [3.05, 3.63) is 11.7 Å². The van der Waals surface area contributed by atoms with Crippen LogP contribution in [0.4, 0.5) is 0 Å². The van der Waals surface area contributed by atoms with Crippen molar-refractivity contribution in [1.82, 2.24) is 10.1 Å². The van der Waals surface area contributed by atoms with Crippen molar-refractivity contribution in [3.8, 4) is 0 Å². The van der Waals surface area contributed by atoms with Gasteiger partial charge in [-0.2, -0.15) is 4.98 Å². The van der Waals surface area contributed by atoms with Crippen molar-refractivity contribution in [2.75, 3.05) is 0 Å². The minimum Gasteiger partial charge on any atom is -0.481 e. The van der Waals surface area contributed by atoms with Gasteiger partial charge >= 0.3 is 5.97 Å². The Kier molecular flexibility index (Phi) is 3.54. The molecule has 21 heavy (non-hydrogen) atoms. The lowest BCUT2D eigenvalue weighted by atomic mass is 9.80. The molecular formula is C16H24N2O3. The molecule has 1 aromatic rings. The lowest BCUT2D eigenvalue weighted by Gasteiger charge is -2.26. The molecule has 0 aromatic carbocycles. The molecule has 0 amide bonds. The van der Waals surface area contributed by atoms with Crippen molar-refractivity contribution in [3.63, 3.8) is 0 Å². The fraction of sp³-hybridized carbons (Fsp3) is 0.812. The fourth-order valence-corrected chi connectivity index (χ4v) is 4.00. The van der Waals surface area contributed by atoms with Crippen molar-refractivity contribution in [1.29, 1.82) is 0 Å². The van der Waals surface area contributed by atoms with E-state index in [1.165, 1.54) is 19.3 Å².